The smallest absolute Gasteiger partial charge is 0.207 e. The highest BCUT2D eigenvalue weighted by atomic mass is 32.2. The Bertz CT molecular complexity index is 820. The zero-order valence-corrected chi connectivity index (χ0v) is 13.7. The van der Waals surface area contributed by atoms with Crippen LogP contribution in [0.25, 0.3) is 0 Å². The third kappa shape index (κ3) is 1.82. The molecule has 4 rings (SSSR count). The van der Waals surface area contributed by atoms with Crippen LogP contribution in [0.5, 0.6) is 0 Å². The van der Waals surface area contributed by atoms with Crippen LogP contribution in [0.4, 0.5) is 0 Å². The quantitative estimate of drug-likeness (QED) is 0.859. The van der Waals surface area contributed by atoms with Gasteiger partial charge in [-0.3, -0.25) is 0 Å². The first-order valence-electron chi connectivity index (χ1n) is 7.43. The number of nitrogens with zero attached hydrogens (tertiary/aromatic N) is 1. The molecule has 22 heavy (non-hydrogen) atoms. The minimum atomic E-state index is -3.41. The van der Waals surface area contributed by atoms with E-state index in [0.717, 1.165) is 18.4 Å². The summed E-state index contributed by atoms with van der Waals surface area (Å²) in [5.41, 5.74) is 2.06. The van der Waals surface area contributed by atoms with E-state index in [1.165, 1.54) is 5.56 Å². The van der Waals surface area contributed by atoms with Crippen molar-refractivity contribution in [2.75, 3.05) is 6.54 Å². The molecule has 2 aromatic rings. The summed E-state index contributed by atoms with van der Waals surface area (Å²) in [6, 6.07) is 17.5. The minimum absolute atomic E-state index is 0.177. The van der Waals surface area contributed by atoms with E-state index in [1.807, 2.05) is 30.3 Å². The fourth-order valence-corrected chi connectivity index (χ4v) is 6.63. The largest absolute Gasteiger partial charge is 0.244 e. The molecule has 0 aliphatic carbocycles. The first-order valence-corrected chi connectivity index (χ1v) is 9.32. The van der Waals surface area contributed by atoms with Gasteiger partial charge in [0.15, 0.2) is 0 Å². The Morgan fingerprint density at radius 3 is 2.55 bits per heavy atom. The van der Waals surface area contributed by atoms with Crippen molar-refractivity contribution in [3.8, 4) is 0 Å². The van der Waals surface area contributed by atoms with Gasteiger partial charge in [-0.15, -0.1) is 0 Å². The van der Waals surface area contributed by atoms with Crippen molar-refractivity contribution in [3.05, 3.63) is 65.7 Å². The fraction of sp³-hybridized carbons (Fsp3) is 0.294. The summed E-state index contributed by atoms with van der Waals surface area (Å²) in [4.78, 5) is -0.298. The number of hydrogen-bond donors (Lipinski definition) is 1. The van der Waals surface area contributed by atoms with Gasteiger partial charge < -0.3 is 0 Å². The van der Waals surface area contributed by atoms with Crippen molar-refractivity contribution in [2.24, 2.45) is 5.92 Å². The van der Waals surface area contributed by atoms with Gasteiger partial charge in [-0.1, -0.05) is 48.5 Å². The maximum absolute atomic E-state index is 12.7. The number of fused-ring (bicyclic) bond motifs is 3. The summed E-state index contributed by atoms with van der Waals surface area (Å²) in [6.45, 7) is 0.540. The van der Waals surface area contributed by atoms with Crippen molar-refractivity contribution in [3.63, 3.8) is 0 Å². The van der Waals surface area contributed by atoms with Crippen LogP contribution in [0.2, 0.25) is 0 Å². The second-order valence-corrected chi connectivity index (χ2v) is 8.49. The van der Waals surface area contributed by atoms with E-state index in [0.29, 0.717) is 11.4 Å². The highest BCUT2D eigenvalue weighted by Gasteiger charge is 2.59. The van der Waals surface area contributed by atoms with E-state index in [4.69, 9.17) is 12.6 Å². The molecule has 2 aliphatic rings. The average Bonchev–Trinajstić information content (AvgIpc) is 2.94. The Morgan fingerprint density at radius 2 is 1.77 bits per heavy atom. The van der Waals surface area contributed by atoms with Gasteiger partial charge in [0.05, 0.1) is 4.90 Å². The molecule has 0 aromatic heterocycles. The van der Waals surface area contributed by atoms with Crippen LogP contribution in [0.15, 0.2) is 59.5 Å². The lowest BCUT2D eigenvalue weighted by atomic mass is 9.88. The monoisotopic (exact) mass is 331 g/mol. The zero-order valence-electron chi connectivity index (χ0n) is 12.0. The molecule has 0 saturated carbocycles. The van der Waals surface area contributed by atoms with Crippen molar-refractivity contribution < 1.29 is 8.42 Å². The standard InChI is InChI=1S/C17H17NO2S2/c19-22(20)16-9-5-4-8-15(16)17(21)14(10-11-18(17)22)12-13-6-2-1-3-7-13/h1-9,14,21H,10-12H2. The van der Waals surface area contributed by atoms with Crippen LogP contribution in [-0.2, 0) is 21.3 Å². The van der Waals surface area contributed by atoms with Crippen LogP contribution in [-0.4, -0.2) is 19.3 Å². The molecule has 1 fully saturated rings. The topological polar surface area (TPSA) is 37.4 Å². The molecular weight excluding hydrogens is 314 g/mol. The molecule has 0 N–H and O–H groups in total. The zero-order chi connectivity index (χ0) is 15.4. The second-order valence-electron chi connectivity index (χ2n) is 5.97. The molecule has 2 unspecified atom stereocenters. The summed E-state index contributed by atoms with van der Waals surface area (Å²) in [5, 5.41) is 0. The summed E-state index contributed by atoms with van der Waals surface area (Å²) in [7, 11) is -3.41. The van der Waals surface area contributed by atoms with E-state index in [9.17, 15) is 8.42 Å². The Hall–Kier alpha value is -1.30. The third-order valence-electron chi connectivity index (χ3n) is 4.81. The average molecular weight is 331 g/mol. The van der Waals surface area contributed by atoms with Gasteiger partial charge in [-0.2, -0.15) is 16.9 Å². The van der Waals surface area contributed by atoms with E-state index >= 15 is 0 Å². The third-order valence-corrected chi connectivity index (χ3v) is 7.75. The Morgan fingerprint density at radius 1 is 1.09 bits per heavy atom. The first kappa shape index (κ1) is 14.3. The molecule has 5 heteroatoms. The fourth-order valence-electron chi connectivity index (χ4n) is 3.76. The number of thiol groups is 1. The van der Waals surface area contributed by atoms with Gasteiger partial charge in [-0.05, 0) is 30.4 Å². The van der Waals surface area contributed by atoms with E-state index in [-0.39, 0.29) is 5.92 Å². The molecule has 3 nitrogen and oxygen atoms in total. The first-order chi connectivity index (χ1) is 10.5. The Balaban J connectivity index is 1.80. The minimum Gasteiger partial charge on any atom is -0.207 e. The van der Waals surface area contributed by atoms with E-state index in [1.54, 1.807) is 16.4 Å². The summed E-state index contributed by atoms with van der Waals surface area (Å²) in [6.07, 6.45) is 1.68. The summed E-state index contributed by atoms with van der Waals surface area (Å²) >= 11 is 4.90. The summed E-state index contributed by atoms with van der Waals surface area (Å²) < 4.78 is 27.1. The molecule has 0 radical (unpaired) electrons. The highest BCUT2D eigenvalue weighted by molar-refractivity contribution is 7.91. The van der Waals surface area contributed by atoms with Gasteiger partial charge >= 0.3 is 0 Å². The molecule has 1 saturated heterocycles. The lowest BCUT2D eigenvalue weighted by Crippen LogP contribution is -2.38. The molecule has 114 valence electrons. The van der Waals surface area contributed by atoms with Crippen molar-refractivity contribution in [2.45, 2.75) is 22.6 Å². The van der Waals surface area contributed by atoms with Gasteiger partial charge in [0.25, 0.3) is 0 Å². The van der Waals surface area contributed by atoms with Gasteiger partial charge in [-0.25, -0.2) is 8.42 Å². The molecule has 2 aliphatic heterocycles. The predicted molar refractivity (Wildman–Crippen MR) is 89.3 cm³/mol. The van der Waals surface area contributed by atoms with Crippen molar-refractivity contribution in [1.29, 1.82) is 0 Å². The Labute approximate surface area is 136 Å². The molecule has 2 heterocycles. The number of sulfonamides is 1. The molecule has 0 amide bonds. The maximum atomic E-state index is 12.7. The predicted octanol–water partition coefficient (Wildman–Crippen LogP) is 3.04. The molecule has 2 aromatic carbocycles. The van der Waals surface area contributed by atoms with E-state index < -0.39 is 14.9 Å². The second kappa shape index (κ2) is 4.85. The lowest BCUT2D eigenvalue weighted by Gasteiger charge is -2.31. The lowest BCUT2D eigenvalue weighted by molar-refractivity contribution is 0.318. The van der Waals surface area contributed by atoms with Crippen LogP contribution in [0.3, 0.4) is 0 Å². The molecule has 2 atom stereocenters. The van der Waals surface area contributed by atoms with Gasteiger partial charge in [0.2, 0.25) is 10.0 Å². The highest BCUT2D eigenvalue weighted by Crippen LogP contribution is 2.56. The summed E-state index contributed by atoms with van der Waals surface area (Å²) in [5.74, 6) is 0.177. The number of benzene rings is 2. The van der Waals surface area contributed by atoms with Crippen molar-refractivity contribution in [1.82, 2.24) is 4.31 Å². The van der Waals surface area contributed by atoms with Crippen LogP contribution < -0.4 is 0 Å². The number of rotatable bonds is 2. The van der Waals surface area contributed by atoms with Crippen LogP contribution in [0, 0.1) is 5.92 Å². The van der Waals surface area contributed by atoms with Crippen molar-refractivity contribution >= 4 is 22.7 Å². The number of hydrogen-bond acceptors (Lipinski definition) is 3. The van der Waals surface area contributed by atoms with E-state index in [2.05, 4.69) is 12.1 Å². The SMILES string of the molecule is O=S1(=O)c2ccccc2C2(S)C(Cc3ccccc3)CCN21. The van der Waals surface area contributed by atoms with Gasteiger partial charge in [0.1, 0.15) is 4.87 Å². The normalized spacial score (nSPS) is 29.2. The molecule has 0 bridgehead atoms. The molecule has 0 spiro atoms. The molecular formula is C17H17NO2S2. The van der Waals surface area contributed by atoms with Crippen LogP contribution in [0.1, 0.15) is 17.5 Å². The van der Waals surface area contributed by atoms with Gasteiger partial charge in [0, 0.05) is 12.1 Å². The van der Waals surface area contributed by atoms with Crippen LogP contribution >= 0.6 is 12.6 Å². The maximum Gasteiger partial charge on any atom is 0.244 e. The Kier molecular flexibility index (Phi) is 3.15.